The van der Waals surface area contributed by atoms with Gasteiger partial charge in [-0.25, -0.2) is 4.99 Å². The smallest absolute Gasteiger partial charge is 0.191 e. The molecule has 6 nitrogen and oxygen atoms in total. The van der Waals surface area contributed by atoms with Crippen molar-refractivity contribution in [1.29, 1.82) is 0 Å². The molecule has 0 aromatic carbocycles. The van der Waals surface area contributed by atoms with Crippen molar-refractivity contribution >= 4 is 29.9 Å². The van der Waals surface area contributed by atoms with E-state index in [-0.39, 0.29) is 24.0 Å². The molecule has 23 heavy (non-hydrogen) atoms. The number of guanidine groups is 1. The molecule has 7 heteroatoms. The van der Waals surface area contributed by atoms with Gasteiger partial charge in [-0.3, -0.25) is 4.68 Å². The highest BCUT2D eigenvalue weighted by atomic mass is 127. The van der Waals surface area contributed by atoms with Crippen molar-refractivity contribution in [3.8, 4) is 0 Å². The molecule has 2 rings (SSSR count). The molecule has 0 saturated carbocycles. The van der Waals surface area contributed by atoms with Crippen LogP contribution in [0.25, 0.3) is 0 Å². The van der Waals surface area contributed by atoms with Crippen molar-refractivity contribution in [1.82, 2.24) is 20.4 Å². The Morgan fingerprint density at radius 2 is 2.17 bits per heavy atom. The van der Waals surface area contributed by atoms with Crippen LogP contribution >= 0.6 is 24.0 Å². The van der Waals surface area contributed by atoms with E-state index in [0.717, 1.165) is 43.5 Å². The van der Waals surface area contributed by atoms with Crippen LogP contribution in [0, 0.1) is 13.8 Å². The lowest BCUT2D eigenvalue weighted by Crippen LogP contribution is -2.38. The predicted octanol–water partition coefficient (Wildman–Crippen LogP) is 2.86. The number of aryl methyl sites for hydroxylation is 3. The van der Waals surface area contributed by atoms with Crippen LogP contribution in [0.15, 0.2) is 33.9 Å². The fourth-order valence-corrected chi connectivity index (χ4v) is 2.24. The maximum Gasteiger partial charge on any atom is 0.191 e. The van der Waals surface area contributed by atoms with Crippen molar-refractivity contribution in [3.63, 3.8) is 0 Å². The van der Waals surface area contributed by atoms with E-state index in [1.807, 2.05) is 23.7 Å². The van der Waals surface area contributed by atoms with E-state index in [1.165, 1.54) is 5.69 Å². The summed E-state index contributed by atoms with van der Waals surface area (Å²) in [5.41, 5.74) is 2.27. The van der Waals surface area contributed by atoms with Crippen molar-refractivity contribution < 1.29 is 4.42 Å². The van der Waals surface area contributed by atoms with Crippen LogP contribution in [0.4, 0.5) is 0 Å². The lowest BCUT2D eigenvalue weighted by atomic mass is 10.4. The van der Waals surface area contributed by atoms with E-state index in [4.69, 9.17) is 4.42 Å². The second-order valence-electron chi connectivity index (χ2n) is 5.21. The lowest BCUT2D eigenvalue weighted by molar-refractivity contribution is 0.511. The number of aliphatic imine (C=N–C) groups is 1. The van der Waals surface area contributed by atoms with Crippen LogP contribution in [0.2, 0.25) is 0 Å². The normalized spacial score (nSPS) is 11.2. The summed E-state index contributed by atoms with van der Waals surface area (Å²) < 4.78 is 7.33. The molecule has 0 saturated heterocycles. The first-order valence-electron chi connectivity index (χ1n) is 7.74. The summed E-state index contributed by atoms with van der Waals surface area (Å²) >= 11 is 0. The Kier molecular flexibility index (Phi) is 8.75. The summed E-state index contributed by atoms with van der Waals surface area (Å²) in [4.78, 5) is 4.50. The zero-order valence-electron chi connectivity index (χ0n) is 14.0. The van der Waals surface area contributed by atoms with Gasteiger partial charge in [0.1, 0.15) is 12.3 Å². The monoisotopic (exact) mass is 431 g/mol. The van der Waals surface area contributed by atoms with Gasteiger partial charge < -0.3 is 15.1 Å². The molecule has 0 spiro atoms. The zero-order valence-corrected chi connectivity index (χ0v) is 16.3. The number of nitrogens with zero attached hydrogens (tertiary/aromatic N) is 3. The summed E-state index contributed by atoms with van der Waals surface area (Å²) in [5, 5.41) is 11.0. The Balaban J connectivity index is 0.00000264. The van der Waals surface area contributed by atoms with Crippen LogP contribution in [0.5, 0.6) is 0 Å². The minimum Gasteiger partial charge on any atom is -0.467 e. The molecule has 0 radical (unpaired) electrons. The van der Waals surface area contributed by atoms with Crippen LogP contribution in [0.3, 0.4) is 0 Å². The first-order chi connectivity index (χ1) is 10.7. The molecule has 0 amide bonds. The largest absolute Gasteiger partial charge is 0.467 e. The Morgan fingerprint density at radius 3 is 2.78 bits per heavy atom. The molecule has 2 aromatic heterocycles. The fraction of sp³-hybridized carbons (Fsp3) is 0.500. The number of nitrogens with one attached hydrogen (secondary N) is 2. The van der Waals surface area contributed by atoms with Crippen LogP contribution < -0.4 is 10.6 Å². The zero-order chi connectivity index (χ0) is 15.8. The van der Waals surface area contributed by atoms with Gasteiger partial charge in [0.05, 0.1) is 12.0 Å². The number of hydrogen-bond donors (Lipinski definition) is 2. The van der Waals surface area contributed by atoms with Crippen molar-refractivity contribution in [2.45, 2.75) is 40.3 Å². The maximum absolute atomic E-state index is 5.29. The van der Waals surface area contributed by atoms with E-state index in [1.54, 1.807) is 6.26 Å². The Hall–Kier alpha value is -1.51. The highest BCUT2D eigenvalue weighted by Gasteiger charge is 2.02. The second-order valence-corrected chi connectivity index (χ2v) is 5.21. The summed E-state index contributed by atoms with van der Waals surface area (Å²) in [6.45, 7) is 9.29. The second kappa shape index (κ2) is 10.3. The number of aromatic nitrogens is 2. The Morgan fingerprint density at radius 1 is 1.35 bits per heavy atom. The molecule has 0 unspecified atom stereocenters. The molecule has 0 fully saturated rings. The summed E-state index contributed by atoms with van der Waals surface area (Å²) in [6, 6.07) is 5.90. The van der Waals surface area contributed by atoms with E-state index in [2.05, 4.69) is 40.6 Å². The minimum absolute atomic E-state index is 0. The number of hydrogen-bond acceptors (Lipinski definition) is 3. The SMILES string of the molecule is CCNC(=NCc1ccco1)NCCCn1nc(C)cc1C.I. The summed E-state index contributed by atoms with van der Waals surface area (Å²) in [6.07, 6.45) is 2.66. The number of furan rings is 1. The summed E-state index contributed by atoms with van der Waals surface area (Å²) in [5.74, 6) is 1.67. The van der Waals surface area contributed by atoms with E-state index in [9.17, 15) is 0 Å². The van der Waals surface area contributed by atoms with E-state index >= 15 is 0 Å². The molecule has 2 aromatic rings. The molecule has 2 N–H and O–H groups in total. The molecule has 128 valence electrons. The molecular weight excluding hydrogens is 405 g/mol. The molecule has 0 atom stereocenters. The molecule has 2 heterocycles. The van der Waals surface area contributed by atoms with Gasteiger partial charge in [-0.15, -0.1) is 24.0 Å². The Bertz CT molecular complexity index is 592. The fourth-order valence-electron chi connectivity index (χ4n) is 2.24. The van der Waals surface area contributed by atoms with E-state index in [0.29, 0.717) is 6.54 Å². The van der Waals surface area contributed by atoms with Crippen molar-refractivity contribution in [2.75, 3.05) is 13.1 Å². The van der Waals surface area contributed by atoms with Gasteiger partial charge in [0.15, 0.2) is 5.96 Å². The quantitative estimate of drug-likeness (QED) is 0.306. The third-order valence-electron chi connectivity index (χ3n) is 3.26. The molecular formula is C16H26IN5O. The van der Waals surface area contributed by atoms with E-state index < -0.39 is 0 Å². The first-order valence-corrected chi connectivity index (χ1v) is 7.74. The molecule has 0 aliphatic rings. The highest BCUT2D eigenvalue weighted by Crippen LogP contribution is 2.03. The Labute approximate surface area is 154 Å². The predicted molar refractivity (Wildman–Crippen MR) is 103 cm³/mol. The maximum atomic E-state index is 5.29. The standard InChI is InChI=1S/C16H25N5O.HI/c1-4-17-16(19-12-15-7-5-10-22-15)18-8-6-9-21-14(3)11-13(2)20-21;/h5,7,10-11H,4,6,8-9,12H2,1-3H3,(H2,17,18,19);1H. The third kappa shape index (κ3) is 6.64. The average Bonchev–Trinajstić information content (AvgIpc) is 3.10. The van der Waals surface area contributed by atoms with Crippen molar-refractivity contribution in [2.24, 2.45) is 4.99 Å². The third-order valence-corrected chi connectivity index (χ3v) is 3.26. The first kappa shape index (κ1) is 19.5. The summed E-state index contributed by atoms with van der Waals surface area (Å²) in [7, 11) is 0. The highest BCUT2D eigenvalue weighted by molar-refractivity contribution is 14.0. The molecule has 0 bridgehead atoms. The average molecular weight is 431 g/mol. The molecule has 0 aliphatic heterocycles. The van der Waals surface area contributed by atoms with Gasteiger partial charge in [-0.2, -0.15) is 5.10 Å². The van der Waals surface area contributed by atoms with Gasteiger partial charge in [-0.1, -0.05) is 0 Å². The van der Waals surface area contributed by atoms with Crippen molar-refractivity contribution in [3.05, 3.63) is 41.6 Å². The number of rotatable bonds is 7. The molecule has 0 aliphatic carbocycles. The van der Waals surface area contributed by atoms with Crippen LogP contribution in [-0.4, -0.2) is 28.8 Å². The van der Waals surface area contributed by atoms with Crippen LogP contribution in [-0.2, 0) is 13.1 Å². The van der Waals surface area contributed by atoms with Gasteiger partial charge in [0.25, 0.3) is 0 Å². The topological polar surface area (TPSA) is 67.4 Å². The minimum atomic E-state index is 0. The van der Waals surface area contributed by atoms with Gasteiger partial charge in [0.2, 0.25) is 0 Å². The van der Waals surface area contributed by atoms with Gasteiger partial charge in [0, 0.05) is 25.3 Å². The number of halogens is 1. The van der Waals surface area contributed by atoms with Crippen LogP contribution in [0.1, 0.15) is 30.5 Å². The van der Waals surface area contributed by atoms with Gasteiger partial charge >= 0.3 is 0 Å². The lowest BCUT2D eigenvalue weighted by Gasteiger charge is -2.11. The van der Waals surface area contributed by atoms with Gasteiger partial charge in [-0.05, 0) is 45.4 Å².